The Morgan fingerprint density at radius 3 is 2.26 bits per heavy atom. The first kappa shape index (κ1) is 21.5. The Balaban J connectivity index is 1.69. The maximum Gasteiger partial charge on any atom is 0.255 e. The fourth-order valence-corrected chi connectivity index (χ4v) is 5.53. The van der Waals surface area contributed by atoms with E-state index in [1.165, 1.54) is 0 Å². The smallest absolute Gasteiger partial charge is 0.255 e. The summed E-state index contributed by atoms with van der Waals surface area (Å²) in [6.45, 7) is 14.5. The average molecular weight is 450 g/mol. The third-order valence-electron chi connectivity index (χ3n) is 5.07. The van der Waals surface area contributed by atoms with Crippen LogP contribution < -0.4 is 9.96 Å². The summed E-state index contributed by atoms with van der Waals surface area (Å²) in [4.78, 5) is 32.2. The van der Waals surface area contributed by atoms with Gasteiger partial charge in [0.25, 0.3) is 5.91 Å². The average Bonchev–Trinajstić information content (AvgIpc) is 3.09. The van der Waals surface area contributed by atoms with Crippen molar-refractivity contribution in [2.45, 2.75) is 52.4 Å². The van der Waals surface area contributed by atoms with Crippen molar-refractivity contribution in [2.75, 3.05) is 9.96 Å². The second-order valence-corrected chi connectivity index (χ2v) is 19.8. The largest absolute Gasteiger partial charge is 0.395 e. The zero-order chi connectivity index (χ0) is 22.4. The molecule has 2 heterocycles. The van der Waals surface area contributed by atoms with Crippen LogP contribution >= 0.6 is 0 Å². The van der Waals surface area contributed by atoms with Crippen LogP contribution in [0.1, 0.15) is 21.6 Å². The van der Waals surface area contributed by atoms with Gasteiger partial charge in [-0.2, -0.15) is 4.98 Å². The molecule has 2 aromatic carbocycles. The first-order chi connectivity index (χ1) is 14.5. The van der Waals surface area contributed by atoms with Crippen LogP contribution in [-0.2, 0) is 13.1 Å². The van der Waals surface area contributed by atoms with Gasteiger partial charge in [0, 0.05) is 11.1 Å². The minimum absolute atomic E-state index is 0.0356. The highest BCUT2D eigenvalue weighted by Crippen LogP contribution is 2.32. The first-order valence-corrected chi connectivity index (χ1v) is 17.7. The van der Waals surface area contributed by atoms with Crippen LogP contribution in [0.5, 0.6) is 0 Å². The van der Waals surface area contributed by atoms with Crippen molar-refractivity contribution >= 4 is 44.9 Å². The molecule has 0 saturated heterocycles. The van der Waals surface area contributed by atoms with Crippen molar-refractivity contribution in [2.24, 2.45) is 0 Å². The summed E-state index contributed by atoms with van der Waals surface area (Å²) in [6, 6.07) is 13.9. The van der Waals surface area contributed by atoms with Crippen molar-refractivity contribution in [1.29, 1.82) is 0 Å². The minimum atomic E-state index is -1.63. The Labute approximate surface area is 186 Å². The van der Waals surface area contributed by atoms with E-state index in [0.717, 1.165) is 33.4 Å². The van der Waals surface area contributed by atoms with Crippen LogP contribution in [0.15, 0.2) is 42.5 Å². The van der Waals surface area contributed by atoms with Crippen LogP contribution in [0.4, 0.5) is 11.8 Å². The van der Waals surface area contributed by atoms with Crippen LogP contribution in [0.3, 0.4) is 0 Å². The van der Waals surface area contributed by atoms with Crippen molar-refractivity contribution < 1.29 is 4.79 Å². The normalized spacial score (nSPS) is 13.9. The zero-order valence-electron chi connectivity index (χ0n) is 19.2. The van der Waals surface area contributed by atoms with E-state index in [0.29, 0.717) is 19.0 Å². The molecule has 6 nitrogen and oxygen atoms in total. The van der Waals surface area contributed by atoms with Crippen LogP contribution in [-0.4, -0.2) is 37.2 Å². The number of hydrogen-bond donors (Lipinski definition) is 2. The summed E-state index contributed by atoms with van der Waals surface area (Å²) in [5.41, 5.74) is 2.71. The number of rotatable bonds is 5. The molecule has 0 spiro atoms. The number of anilines is 2. The lowest BCUT2D eigenvalue weighted by Crippen LogP contribution is -2.35. The highest BCUT2D eigenvalue weighted by Gasteiger charge is 2.31. The number of amides is 1. The maximum absolute atomic E-state index is 13.5. The molecule has 1 amide bonds. The molecule has 2 N–H and O–H groups in total. The summed E-state index contributed by atoms with van der Waals surface area (Å²) >= 11 is 0. The molecule has 0 fully saturated rings. The number of nitrogens with one attached hydrogen (secondary N) is 2. The van der Waals surface area contributed by atoms with Crippen LogP contribution in [0.25, 0.3) is 10.8 Å². The van der Waals surface area contributed by atoms with Gasteiger partial charge in [0.15, 0.2) is 0 Å². The molecule has 0 bridgehead atoms. The van der Waals surface area contributed by atoms with Crippen molar-refractivity contribution in [3.8, 4) is 0 Å². The molecule has 0 unspecified atom stereocenters. The standard InChI is InChI=1S/C23H31N5OSi2/c1-30(2,3)26-21-19-14-28(15-20(19)24-23(25-21)27-31(4,5)6)22(29)18-13-9-11-16-10-7-8-12-17(16)18/h7-13H,14-15H2,1-6H3,(H2,24,25,26,27). The number of benzene rings is 2. The third kappa shape index (κ3) is 4.80. The Hall–Kier alpha value is -2.72. The van der Waals surface area contributed by atoms with E-state index in [1.807, 2.05) is 47.4 Å². The van der Waals surface area contributed by atoms with Gasteiger partial charge in [0.2, 0.25) is 5.95 Å². The van der Waals surface area contributed by atoms with Crippen molar-refractivity contribution in [3.05, 3.63) is 59.3 Å². The van der Waals surface area contributed by atoms with Crippen molar-refractivity contribution in [3.63, 3.8) is 0 Å². The fraction of sp³-hybridized carbons (Fsp3) is 0.348. The number of aromatic nitrogens is 2. The molecule has 1 aromatic heterocycles. The molecule has 31 heavy (non-hydrogen) atoms. The maximum atomic E-state index is 13.5. The molecule has 1 aliphatic rings. The summed E-state index contributed by atoms with van der Waals surface area (Å²) in [7, 11) is -3.24. The predicted molar refractivity (Wildman–Crippen MR) is 133 cm³/mol. The number of carbonyl (C=O) groups excluding carboxylic acids is 1. The molecule has 0 atom stereocenters. The lowest BCUT2D eigenvalue weighted by Gasteiger charge is -2.23. The summed E-state index contributed by atoms with van der Waals surface area (Å²) in [6.07, 6.45) is 0. The number of carbonyl (C=O) groups is 1. The number of hydrogen-bond acceptors (Lipinski definition) is 5. The monoisotopic (exact) mass is 449 g/mol. The quantitative estimate of drug-likeness (QED) is 0.519. The Morgan fingerprint density at radius 2 is 1.55 bits per heavy atom. The van der Waals surface area contributed by atoms with E-state index in [-0.39, 0.29) is 5.91 Å². The third-order valence-corrected chi connectivity index (χ3v) is 7.03. The van der Waals surface area contributed by atoms with E-state index in [4.69, 9.17) is 9.97 Å². The second-order valence-electron chi connectivity index (χ2n) is 10.3. The Morgan fingerprint density at radius 1 is 0.871 bits per heavy atom. The molecule has 162 valence electrons. The first-order valence-electron chi connectivity index (χ1n) is 10.7. The lowest BCUT2D eigenvalue weighted by atomic mass is 10.0. The van der Waals surface area contributed by atoms with E-state index >= 15 is 0 Å². The summed E-state index contributed by atoms with van der Waals surface area (Å²) < 4.78 is 0. The van der Waals surface area contributed by atoms with E-state index < -0.39 is 16.5 Å². The van der Waals surface area contributed by atoms with Gasteiger partial charge in [0.05, 0.1) is 18.8 Å². The van der Waals surface area contributed by atoms with Gasteiger partial charge in [-0.1, -0.05) is 75.7 Å². The van der Waals surface area contributed by atoms with Gasteiger partial charge >= 0.3 is 0 Å². The molecule has 4 rings (SSSR count). The molecule has 8 heteroatoms. The molecule has 0 aliphatic carbocycles. The van der Waals surface area contributed by atoms with Gasteiger partial charge in [0.1, 0.15) is 22.3 Å². The highest BCUT2D eigenvalue weighted by molar-refractivity contribution is 6.79. The van der Waals surface area contributed by atoms with Gasteiger partial charge in [-0.05, 0) is 16.8 Å². The van der Waals surface area contributed by atoms with E-state index in [1.54, 1.807) is 0 Å². The summed E-state index contributed by atoms with van der Waals surface area (Å²) in [5, 5.41) is 2.06. The topological polar surface area (TPSA) is 70.2 Å². The molecule has 1 aliphatic heterocycles. The molecule has 3 aromatic rings. The van der Waals surface area contributed by atoms with E-state index in [9.17, 15) is 4.79 Å². The molecular formula is C23H31N5OSi2. The van der Waals surface area contributed by atoms with Gasteiger partial charge in [-0.15, -0.1) is 0 Å². The van der Waals surface area contributed by atoms with Gasteiger partial charge in [-0.25, -0.2) is 4.98 Å². The highest BCUT2D eigenvalue weighted by atomic mass is 28.3. The molecule has 0 radical (unpaired) electrons. The van der Waals surface area contributed by atoms with Crippen LogP contribution in [0.2, 0.25) is 39.3 Å². The van der Waals surface area contributed by atoms with Crippen LogP contribution in [0, 0.1) is 0 Å². The SMILES string of the molecule is C[Si](C)(C)Nc1nc2c(c(N[Si](C)(C)C)n1)CN(C(=O)c1cccc3ccccc13)C2. The Bertz CT molecular complexity index is 1150. The zero-order valence-corrected chi connectivity index (χ0v) is 21.2. The predicted octanol–water partition coefficient (Wildman–Crippen LogP) is 5.28. The lowest BCUT2D eigenvalue weighted by molar-refractivity contribution is 0.0752. The second kappa shape index (κ2) is 7.76. The Kier molecular flexibility index (Phi) is 5.39. The van der Waals surface area contributed by atoms with Crippen molar-refractivity contribution in [1.82, 2.24) is 14.9 Å². The number of nitrogens with zero attached hydrogens (tertiary/aromatic N) is 3. The van der Waals surface area contributed by atoms with E-state index in [2.05, 4.69) is 49.2 Å². The number of fused-ring (bicyclic) bond motifs is 2. The summed E-state index contributed by atoms with van der Waals surface area (Å²) in [5.74, 6) is 1.57. The molecular weight excluding hydrogens is 418 g/mol. The fourth-order valence-electron chi connectivity index (χ4n) is 3.83. The van der Waals surface area contributed by atoms with Gasteiger partial charge in [-0.3, -0.25) is 4.79 Å². The molecule has 0 saturated carbocycles. The van der Waals surface area contributed by atoms with Gasteiger partial charge < -0.3 is 14.9 Å². The minimum Gasteiger partial charge on any atom is -0.395 e.